The normalized spacial score (nSPS) is 16.2. The Morgan fingerprint density at radius 2 is 1.59 bits per heavy atom. The lowest BCUT2D eigenvalue weighted by Gasteiger charge is -2.36. The van der Waals surface area contributed by atoms with Crippen molar-refractivity contribution in [1.82, 2.24) is 35.2 Å². The van der Waals surface area contributed by atoms with E-state index < -0.39 is 23.9 Å². The van der Waals surface area contributed by atoms with E-state index in [-0.39, 0.29) is 77.5 Å². The number of aromatic hydroxyl groups is 2. The van der Waals surface area contributed by atoms with Gasteiger partial charge in [0.1, 0.15) is 23.3 Å². The van der Waals surface area contributed by atoms with E-state index >= 15 is 0 Å². The van der Waals surface area contributed by atoms with E-state index in [0.717, 1.165) is 5.69 Å². The number of amides is 6. The number of anilines is 2. The van der Waals surface area contributed by atoms with Crippen LogP contribution >= 0.6 is 0 Å². The fraction of sp³-hybridized carbons (Fsp3) is 0.289. The molecule has 0 radical (unpaired) electrons. The highest BCUT2D eigenvalue weighted by atomic mass is 16.6. The third-order valence-corrected chi connectivity index (χ3v) is 11.4. The van der Waals surface area contributed by atoms with Gasteiger partial charge in [-0.15, -0.1) is 10.2 Å². The standard InChI is InChI=1S/C45H45N9O9/c1-4-46-42(59)40-50-49-39(32-22-31(25(2)3)35(55)23-36(32)56)54(40)29-12-8-26(9-13-29)43(60)52-20-18-51(19-21-52)28-14-10-27(11-15-28)47-45(62)63-37-7-5-6-30-33(37)24-53(44(30)61)34-16-17-38(57)48-41(34)58/h5-15,22-23,25,34,55-56H,4,16-21,24H2,1-3H3,(H,46,59)(H,47,62)(H,48,57,58). The van der Waals surface area contributed by atoms with Crippen LogP contribution in [0.4, 0.5) is 16.2 Å². The van der Waals surface area contributed by atoms with Crippen LogP contribution in [0, 0.1) is 0 Å². The predicted molar refractivity (Wildman–Crippen MR) is 229 cm³/mol. The summed E-state index contributed by atoms with van der Waals surface area (Å²) in [5, 5.41) is 37.4. The van der Waals surface area contributed by atoms with Gasteiger partial charge in [-0.3, -0.25) is 39.2 Å². The maximum absolute atomic E-state index is 13.7. The minimum atomic E-state index is -0.794. The summed E-state index contributed by atoms with van der Waals surface area (Å²) in [5.41, 5.74) is 3.97. The number of carbonyl (C=O) groups excluding carboxylic acids is 6. The number of nitrogens with zero attached hydrogens (tertiary/aromatic N) is 6. The number of nitrogens with one attached hydrogen (secondary N) is 3. The predicted octanol–water partition coefficient (Wildman–Crippen LogP) is 4.55. The number of piperidine rings is 1. The first kappa shape index (κ1) is 42.0. The van der Waals surface area contributed by atoms with Gasteiger partial charge in [-0.1, -0.05) is 19.9 Å². The van der Waals surface area contributed by atoms with Crippen LogP contribution in [0.5, 0.6) is 17.2 Å². The molecule has 4 aromatic carbocycles. The smallest absolute Gasteiger partial charge is 0.417 e. The van der Waals surface area contributed by atoms with Gasteiger partial charge in [0.25, 0.3) is 17.7 Å². The zero-order chi connectivity index (χ0) is 44.5. The minimum absolute atomic E-state index is 0.0141. The lowest BCUT2D eigenvalue weighted by molar-refractivity contribution is -0.136. The highest BCUT2D eigenvalue weighted by molar-refractivity contribution is 6.06. The third kappa shape index (κ3) is 8.34. The lowest BCUT2D eigenvalue weighted by Crippen LogP contribution is -2.52. The monoisotopic (exact) mass is 855 g/mol. The third-order valence-electron chi connectivity index (χ3n) is 11.4. The van der Waals surface area contributed by atoms with Gasteiger partial charge in [0.2, 0.25) is 17.6 Å². The quantitative estimate of drug-likeness (QED) is 0.122. The van der Waals surface area contributed by atoms with Crippen LogP contribution in [0.2, 0.25) is 0 Å². The van der Waals surface area contributed by atoms with E-state index in [0.29, 0.717) is 66.4 Å². The molecule has 0 bridgehead atoms. The maximum atomic E-state index is 13.7. The number of fused-ring (bicyclic) bond motifs is 1. The van der Waals surface area contributed by atoms with Crippen molar-refractivity contribution in [2.75, 3.05) is 42.9 Å². The number of imide groups is 1. The van der Waals surface area contributed by atoms with Crippen molar-refractivity contribution in [3.8, 4) is 34.3 Å². The van der Waals surface area contributed by atoms with E-state index in [2.05, 4.69) is 31.0 Å². The van der Waals surface area contributed by atoms with Crippen LogP contribution in [0.3, 0.4) is 0 Å². The Labute approximate surface area is 361 Å². The number of benzene rings is 4. The lowest BCUT2D eigenvalue weighted by atomic mass is 9.98. The molecule has 1 unspecified atom stereocenters. The largest absolute Gasteiger partial charge is 0.508 e. The van der Waals surface area contributed by atoms with Crippen molar-refractivity contribution in [2.45, 2.75) is 52.1 Å². The molecule has 0 spiro atoms. The molecule has 3 aliphatic rings. The maximum Gasteiger partial charge on any atom is 0.417 e. The second-order valence-corrected chi connectivity index (χ2v) is 15.7. The number of phenolic OH excluding ortho intramolecular Hbond substituents is 2. The molecule has 63 heavy (non-hydrogen) atoms. The van der Waals surface area contributed by atoms with Crippen LogP contribution in [-0.4, -0.2) is 109 Å². The molecule has 6 amide bonds. The average Bonchev–Trinajstić information content (AvgIpc) is 3.86. The van der Waals surface area contributed by atoms with Crippen LogP contribution < -0.4 is 25.6 Å². The molecule has 2 fully saturated rings. The molecule has 1 aromatic heterocycles. The number of carbonyl (C=O) groups is 6. The molecule has 1 atom stereocenters. The first-order valence-electron chi connectivity index (χ1n) is 20.6. The second kappa shape index (κ2) is 17.3. The van der Waals surface area contributed by atoms with Gasteiger partial charge in [0, 0.05) is 79.0 Å². The summed E-state index contributed by atoms with van der Waals surface area (Å²) < 4.78 is 7.14. The number of phenols is 2. The van der Waals surface area contributed by atoms with Gasteiger partial charge in [0.15, 0.2) is 5.82 Å². The fourth-order valence-electron chi connectivity index (χ4n) is 8.08. The van der Waals surface area contributed by atoms with Crippen molar-refractivity contribution < 1.29 is 43.7 Å². The zero-order valence-electron chi connectivity index (χ0n) is 34.8. The number of piperazine rings is 1. The van der Waals surface area contributed by atoms with Crippen molar-refractivity contribution in [3.05, 3.63) is 107 Å². The van der Waals surface area contributed by atoms with Gasteiger partial charge in [-0.05, 0) is 91.6 Å². The Balaban J connectivity index is 0.884. The van der Waals surface area contributed by atoms with Crippen LogP contribution in [-0.2, 0) is 16.1 Å². The second-order valence-electron chi connectivity index (χ2n) is 15.7. The van der Waals surface area contributed by atoms with E-state index in [9.17, 15) is 39.0 Å². The highest BCUT2D eigenvalue weighted by Gasteiger charge is 2.40. The first-order chi connectivity index (χ1) is 30.3. The van der Waals surface area contributed by atoms with Crippen LogP contribution in [0.1, 0.15) is 82.0 Å². The Morgan fingerprint density at radius 3 is 2.27 bits per heavy atom. The summed E-state index contributed by atoms with van der Waals surface area (Å²) in [7, 11) is 0. The molecule has 0 aliphatic carbocycles. The molecule has 8 rings (SSSR count). The topological polar surface area (TPSA) is 229 Å². The summed E-state index contributed by atoms with van der Waals surface area (Å²) in [6, 6.07) is 20.8. The molecule has 0 saturated carbocycles. The van der Waals surface area contributed by atoms with Crippen molar-refractivity contribution >= 4 is 47.0 Å². The Bertz CT molecular complexity index is 2640. The number of hydrogen-bond donors (Lipinski definition) is 5. The minimum Gasteiger partial charge on any atom is -0.508 e. The van der Waals surface area contributed by atoms with Crippen molar-refractivity contribution in [3.63, 3.8) is 0 Å². The molecule has 5 aromatic rings. The van der Waals surface area contributed by atoms with Crippen molar-refractivity contribution in [2.24, 2.45) is 0 Å². The zero-order valence-corrected chi connectivity index (χ0v) is 34.8. The Morgan fingerprint density at radius 1 is 0.873 bits per heavy atom. The molecule has 324 valence electrons. The number of ether oxygens (including phenoxy) is 1. The summed E-state index contributed by atoms with van der Waals surface area (Å²) in [4.78, 5) is 82.3. The van der Waals surface area contributed by atoms with Gasteiger partial charge in [0.05, 0.1) is 12.1 Å². The summed E-state index contributed by atoms with van der Waals surface area (Å²) in [6.45, 7) is 8.02. The number of rotatable bonds is 10. The van der Waals surface area contributed by atoms with E-state index in [4.69, 9.17) is 4.74 Å². The average molecular weight is 856 g/mol. The van der Waals surface area contributed by atoms with Gasteiger partial charge in [-0.25, -0.2) is 4.79 Å². The molecule has 18 nitrogen and oxygen atoms in total. The van der Waals surface area contributed by atoms with Gasteiger partial charge in [-0.2, -0.15) is 0 Å². The van der Waals surface area contributed by atoms with E-state index in [1.165, 1.54) is 15.5 Å². The van der Waals surface area contributed by atoms with Crippen LogP contribution in [0.25, 0.3) is 17.1 Å². The van der Waals surface area contributed by atoms with E-state index in [1.54, 1.807) is 72.5 Å². The molecule has 3 aliphatic heterocycles. The summed E-state index contributed by atoms with van der Waals surface area (Å²) >= 11 is 0. The molecule has 5 N–H and O–H groups in total. The highest BCUT2D eigenvalue weighted by Crippen LogP contribution is 2.39. The summed E-state index contributed by atoms with van der Waals surface area (Å²) in [6.07, 6.45) is -0.413. The first-order valence-corrected chi connectivity index (χ1v) is 20.6. The number of hydrogen-bond acceptors (Lipinski definition) is 12. The van der Waals surface area contributed by atoms with Gasteiger partial charge < -0.3 is 35.0 Å². The molecule has 2 saturated heterocycles. The molecule has 18 heteroatoms. The summed E-state index contributed by atoms with van der Waals surface area (Å²) in [5.74, 6) is -1.92. The Kier molecular flexibility index (Phi) is 11.5. The number of aromatic nitrogens is 3. The van der Waals surface area contributed by atoms with Crippen LogP contribution in [0.15, 0.2) is 78.9 Å². The molecule has 4 heterocycles. The molecular weight excluding hydrogens is 811 g/mol. The Hall–Kier alpha value is -7.76. The van der Waals surface area contributed by atoms with Gasteiger partial charge >= 0.3 is 6.09 Å². The van der Waals surface area contributed by atoms with Crippen molar-refractivity contribution in [1.29, 1.82) is 0 Å². The van der Waals surface area contributed by atoms with E-state index in [1.807, 2.05) is 26.0 Å². The fourth-order valence-corrected chi connectivity index (χ4v) is 8.08. The SMILES string of the molecule is CCNC(=O)c1nnc(-c2cc(C(C)C)c(O)cc2O)n1-c1ccc(C(=O)N2CCN(c3ccc(NC(=O)Oc4cccc5c4CN(C4CCC(=O)NC4=O)C5=O)cc3)CC2)cc1. The molecular formula is C45H45N9O9.